The van der Waals surface area contributed by atoms with Gasteiger partial charge in [0.15, 0.2) is 17.3 Å². The van der Waals surface area contributed by atoms with Gasteiger partial charge in [-0.2, -0.15) is 0 Å². The summed E-state index contributed by atoms with van der Waals surface area (Å²) >= 11 is 23.2. The summed E-state index contributed by atoms with van der Waals surface area (Å²) in [6.07, 6.45) is 5.67. The Bertz CT molecular complexity index is 741. The minimum Gasteiger partial charge on any atom is -0.505 e. The van der Waals surface area contributed by atoms with Crippen molar-refractivity contribution >= 4 is 64.3 Å². The summed E-state index contributed by atoms with van der Waals surface area (Å²) in [5.74, 6) is -0.707. The van der Waals surface area contributed by atoms with E-state index in [4.69, 9.17) is 46.4 Å². The third-order valence-electron chi connectivity index (χ3n) is 2.96. The van der Waals surface area contributed by atoms with Crippen molar-refractivity contribution in [3.63, 3.8) is 0 Å². The van der Waals surface area contributed by atoms with Gasteiger partial charge in [-0.3, -0.25) is 4.79 Å². The van der Waals surface area contributed by atoms with Gasteiger partial charge in [-0.05, 0) is 47.5 Å². The number of phenolic OH excluding ortho intramolecular Hbond substituents is 2. The van der Waals surface area contributed by atoms with Gasteiger partial charge in [0.25, 0.3) is 0 Å². The van der Waals surface area contributed by atoms with E-state index in [1.165, 1.54) is 48.6 Å². The molecule has 0 bridgehead atoms. The van der Waals surface area contributed by atoms with E-state index in [1.807, 2.05) is 0 Å². The molecule has 0 aromatic heterocycles. The van der Waals surface area contributed by atoms with E-state index in [2.05, 4.69) is 0 Å². The molecule has 3 nitrogen and oxygen atoms in total. The minimum atomic E-state index is -0.296. The lowest BCUT2D eigenvalue weighted by atomic mass is 10.1. The quantitative estimate of drug-likeness (QED) is 0.614. The van der Waals surface area contributed by atoms with Crippen molar-refractivity contribution in [2.75, 3.05) is 0 Å². The van der Waals surface area contributed by atoms with Crippen molar-refractivity contribution < 1.29 is 15.0 Å². The number of benzene rings is 2. The Balaban J connectivity index is 2.13. The Morgan fingerprint density at radius 1 is 0.708 bits per heavy atom. The second kappa shape index (κ2) is 7.95. The van der Waals surface area contributed by atoms with Crippen molar-refractivity contribution in [1.82, 2.24) is 0 Å². The van der Waals surface area contributed by atoms with E-state index >= 15 is 0 Å². The monoisotopic (exact) mass is 402 g/mol. The first-order valence-electron chi connectivity index (χ1n) is 6.54. The third kappa shape index (κ3) is 4.68. The number of hydrogen-bond acceptors (Lipinski definition) is 3. The Morgan fingerprint density at radius 3 is 1.29 bits per heavy atom. The molecule has 0 fully saturated rings. The average Bonchev–Trinajstić information content (AvgIpc) is 2.53. The van der Waals surface area contributed by atoms with E-state index in [1.54, 1.807) is 0 Å². The smallest absolute Gasteiger partial charge is 0.178 e. The van der Waals surface area contributed by atoms with Gasteiger partial charge in [-0.25, -0.2) is 0 Å². The van der Waals surface area contributed by atoms with Gasteiger partial charge in [0.05, 0.1) is 20.1 Å². The summed E-state index contributed by atoms with van der Waals surface area (Å²) in [6.45, 7) is 0. The van der Waals surface area contributed by atoms with Crippen molar-refractivity contribution in [3.8, 4) is 11.5 Å². The van der Waals surface area contributed by atoms with Crippen molar-refractivity contribution in [3.05, 3.63) is 67.6 Å². The van der Waals surface area contributed by atoms with Gasteiger partial charge in [-0.15, -0.1) is 0 Å². The summed E-state index contributed by atoms with van der Waals surface area (Å²) in [5.41, 5.74) is 1.14. The second-order valence-corrected chi connectivity index (χ2v) is 6.36. The van der Waals surface area contributed by atoms with Gasteiger partial charge in [0, 0.05) is 0 Å². The number of allylic oxidation sites excluding steroid dienone is 2. The number of aromatic hydroxyl groups is 2. The van der Waals surface area contributed by atoms with E-state index < -0.39 is 0 Å². The molecule has 0 aliphatic rings. The molecule has 0 saturated heterocycles. The first-order chi connectivity index (χ1) is 11.3. The molecule has 0 saturated carbocycles. The average molecular weight is 404 g/mol. The first kappa shape index (κ1) is 18.7. The Morgan fingerprint density at radius 2 is 1.00 bits per heavy atom. The zero-order valence-electron chi connectivity index (χ0n) is 11.9. The van der Waals surface area contributed by atoms with Crippen LogP contribution in [0.15, 0.2) is 36.4 Å². The van der Waals surface area contributed by atoms with Crippen LogP contribution in [0.3, 0.4) is 0 Å². The van der Waals surface area contributed by atoms with E-state index in [0.29, 0.717) is 11.1 Å². The third-order valence-corrected chi connectivity index (χ3v) is 4.11. The maximum Gasteiger partial charge on any atom is 0.178 e. The molecular formula is C17H10Cl4O3. The van der Waals surface area contributed by atoms with Crippen LogP contribution in [0, 0.1) is 0 Å². The van der Waals surface area contributed by atoms with Crippen LogP contribution in [0.5, 0.6) is 11.5 Å². The summed E-state index contributed by atoms with van der Waals surface area (Å²) in [5, 5.41) is 19.3. The van der Waals surface area contributed by atoms with Gasteiger partial charge in [0.1, 0.15) is 0 Å². The molecule has 2 rings (SSSR count). The van der Waals surface area contributed by atoms with Crippen molar-refractivity contribution in [1.29, 1.82) is 0 Å². The van der Waals surface area contributed by atoms with Crippen LogP contribution < -0.4 is 0 Å². The highest BCUT2D eigenvalue weighted by atomic mass is 35.5. The number of hydrogen-bond donors (Lipinski definition) is 2. The fraction of sp³-hybridized carbons (Fsp3) is 0. The summed E-state index contributed by atoms with van der Waals surface area (Å²) in [4.78, 5) is 11.9. The lowest BCUT2D eigenvalue weighted by molar-refractivity contribution is -0.110. The van der Waals surface area contributed by atoms with Crippen LogP contribution in [0.4, 0.5) is 0 Å². The summed E-state index contributed by atoms with van der Waals surface area (Å²) in [6, 6.07) is 5.93. The number of phenols is 2. The predicted octanol–water partition coefficient (Wildman–Crippen LogP) is 6.01. The van der Waals surface area contributed by atoms with Gasteiger partial charge >= 0.3 is 0 Å². The Hall–Kier alpha value is -1.65. The van der Waals surface area contributed by atoms with Crippen LogP contribution in [0.1, 0.15) is 11.1 Å². The maximum absolute atomic E-state index is 11.9. The van der Waals surface area contributed by atoms with Gasteiger partial charge in [-0.1, -0.05) is 58.6 Å². The Kier molecular flexibility index (Phi) is 6.19. The summed E-state index contributed by atoms with van der Waals surface area (Å²) < 4.78 is 0. The maximum atomic E-state index is 11.9. The molecule has 0 unspecified atom stereocenters. The fourth-order valence-corrected chi connectivity index (χ4v) is 2.78. The van der Waals surface area contributed by atoms with Crippen LogP contribution >= 0.6 is 46.4 Å². The minimum absolute atomic E-state index is 0.0959. The summed E-state index contributed by atoms with van der Waals surface area (Å²) in [7, 11) is 0. The molecule has 2 aromatic carbocycles. The molecule has 24 heavy (non-hydrogen) atoms. The Labute approximate surface area is 158 Å². The number of carbonyl (C=O) groups excluding carboxylic acids is 1. The fourth-order valence-electron chi connectivity index (χ4n) is 1.77. The van der Waals surface area contributed by atoms with E-state index in [-0.39, 0.29) is 37.4 Å². The lowest BCUT2D eigenvalue weighted by Crippen LogP contribution is -1.86. The molecule has 0 spiro atoms. The van der Waals surface area contributed by atoms with Crippen LogP contribution in [-0.2, 0) is 4.79 Å². The van der Waals surface area contributed by atoms with E-state index in [9.17, 15) is 15.0 Å². The molecule has 0 aliphatic carbocycles. The largest absolute Gasteiger partial charge is 0.505 e. The highest BCUT2D eigenvalue weighted by Crippen LogP contribution is 2.34. The number of ketones is 1. The molecule has 0 amide bonds. The van der Waals surface area contributed by atoms with Gasteiger partial charge in [0.2, 0.25) is 0 Å². The molecule has 2 N–H and O–H groups in total. The lowest BCUT2D eigenvalue weighted by Gasteiger charge is -2.01. The van der Waals surface area contributed by atoms with Crippen molar-refractivity contribution in [2.24, 2.45) is 0 Å². The van der Waals surface area contributed by atoms with Crippen LogP contribution in [-0.4, -0.2) is 16.0 Å². The molecule has 0 atom stereocenters. The SMILES string of the molecule is O=C(/C=C/c1cc(Cl)c(O)c(Cl)c1)/C=C/c1cc(Cl)c(O)c(Cl)c1. The van der Waals surface area contributed by atoms with Gasteiger partial charge < -0.3 is 10.2 Å². The number of halogens is 4. The molecule has 0 aliphatic heterocycles. The van der Waals surface area contributed by atoms with Crippen molar-refractivity contribution in [2.45, 2.75) is 0 Å². The normalized spacial score (nSPS) is 11.5. The highest BCUT2D eigenvalue weighted by Gasteiger charge is 2.06. The number of rotatable bonds is 4. The molecule has 124 valence electrons. The predicted molar refractivity (Wildman–Crippen MR) is 99.3 cm³/mol. The molecular weight excluding hydrogens is 394 g/mol. The van der Waals surface area contributed by atoms with Crippen LogP contribution in [0.2, 0.25) is 20.1 Å². The molecule has 0 heterocycles. The number of carbonyl (C=O) groups is 1. The molecule has 7 heteroatoms. The standard InChI is InChI=1S/C17H10Cl4O3/c18-12-5-9(6-13(19)16(12)23)1-3-11(22)4-2-10-7-14(20)17(24)15(21)8-10/h1-8,23-24H/b3-1+,4-2+. The highest BCUT2D eigenvalue weighted by molar-refractivity contribution is 6.37. The van der Waals surface area contributed by atoms with E-state index in [0.717, 1.165) is 0 Å². The molecule has 0 radical (unpaired) electrons. The zero-order chi connectivity index (χ0) is 17.9. The topological polar surface area (TPSA) is 57.5 Å². The molecule has 2 aromatic rings. The second-order valence-electron chi connectivity index (χ2n) is 4.74. The zero-order valence-corrected chi connectivity index (χ0v) is 15.0. The van der Waals surface area contributed by atoms with Crippen LogP contribution in [0.25, 0.3) is 12.2 Å². The first-order valence-corrected chi connectivity index (χ1v) is 8.05.